The Balaban J connectivity index is 1.80. The molecule has 1 heterocycles. The summed E-state index contributed by atoms with van der Waals surface area (Å²) in [6.45, 7) is 3.84. The number of hydrogen-bond acceptors (Lipinski definition) is 3. The van der Waals surface area contributed by atoms with E-state index in [0.29, 0.717) is 18.4 Å². The van der Waals surface area contributed by atoms with Crippen LogP contribution < -0.4 is 9.62 Å². The van der Waals surface area contributed by atoms with Gasteiger partial charge in [0.1, 0.15) is 5.82 Å². The third-order valence-corrected chi connectivity index (χ3v) is 5.93. The fourth-order valence-corrected chi connectivity index (χ4v) is 4.26. The van der Waals surface area contributed by atoms with Crippen LogP contribution in [0.1, 0.15) is 31.4 Å². The molecule has 0 saturated heterocycles. The van der Waals surface area contributed by atoms with E-state index < -0.39 is 10.0 Å². The van der Waals surface area contributed by atoms with Crippen molar-refractivity contribution >= 4 is 21.6 Å². The molecule has 26 heavy (non-hydrogen) atoms. The van der Waals surface area contributed by atoms with Crippen LogP contribution in [0.25, 0.3) is 0 Å². The second-order valence-corrected chi connectivity index (χ2v) is 8.18. The number of halogens is 1. The van der Waals surface area contributed by atoms with Gasteiger partial charge in [0.05, 0.1) is 4.90 Å². The number of nitrogens with zero attached hydrogens (tertiary/aromatic N) is 1. The van der Waals surface area contributed by atoms with Crippen molar-refractivity contribution in [3.8, 4) is 0 Å². The van der Waals surface area contributed by atoms with Crippen LogP contribution in [0.15, 0.2) is 47.4 Å². The number of anilines is 1. The van der Waals surface area contributed by atoms with E-state index in [4.69, 9.17) is 0 Å². The van der Waals surface area contributed by atoms with Gasteiger partial charge in [-0.15, -0.1) is 0 Å². The standard InChI is InChI=1S/C19H21FN2O3S/c1-3-19(23)22-13(2)10-15-11-17(8-9-18(15)22)26(24,25)21-12-14-4-6-16(20)7-5-14/h4-9,11,13,21H,3,10,12H2,1-2H3. The molecule has 0 bridgehead atoms. The lowest BCUT2D eigenvalue weighted by Crippen LogP contribution is -2.35. The molecule has 1 N–H and O–H groups in total. The van der Waals surface area contributed by atoms with E-state index in [9.17, 15) is 17.6 Å². The van der Waals surface area contributed by atoms with Crippen LogP contribution in [0.5, 0.6) is 0 Å². The Morgan fingerprint density at radius 3 is 2.58 bits per heavy atom. The summed E-state index contributed by atoms with van der Waals surface area (Å²) in [5.41, 5.74) is 2.30. The lowest BCUT2D eigenvalue weighted by atomic mass is 10.1. The molecule has 1 aliphatic rings. The summed E-state index contributed by atoms with van der Waals surface area (Å²) in [5, 5.41) is 0. The minimum absolute atomic E-state index is 0.0163. The number of rotatable bonds is 5. The highest BCUT2D eigenvalue weighted by Gasteiger charge is 2.31. The van der Waals surface area contributed by atoms with Gasteiger partial charge in [-0.1, -0.05) is 19.1 Å². The zero-order valence-electron chi connectivity index (χ0n) is 14.7. The first-order chi connectivity index (χ1) is 12.3. The molecule has 0 spiro atoms. The van der Waals surface area contributed by atoms with Gasteiger partial charge in [-0.2, -0.15) is 0 Å². The van der Waals surface area contributed by atoms with E-state index >= 15 is 0 Å². The number of carbonyl (C=O) groups excluding carboxylic acids is 1. The van der Waals surface area contributed by atoms with Crippen LogP contribution in [0.2, 0.25) is 0 Å². The second-order valence-electron chi connectivity index (χ2n) is 6.41. The molecular weight excluding hydrogens is 355 g/mol. The van der Waals surface area contributed by atoms with Crippen LogP contribution in [-0.4, -0.2) is 20.4 Å². The van der Waals surface area contributed by atoms with E-state index in [0.717, 1.165) is 11.3 Å². The molecule has 7 heteroatoms. The molecule has 138 valence electrons. The maximum Gasteiger partial charge on any atom is 0.240 e. The molecule has 0 saturated carbocycles. The number of sulfonamides is 1. The molecule has 0 aliphatic carbocycles. The lowest BCUT2D eigenvalue weighted by Gasteiger charge is -2.22. The SMILES string of the molecule is CCC(=O)N1c2ccc(S(=O)(=O)NCc3ccc(F)cc3)cc2CC1C. The van der Waals surface area contributed by atoms with Gasteiger partial charge >= 0.3 is 0 Å². The Morgan fingerprint density at radius 2 is 1.92 bits per heavy atom. The molecule has 1 atom stereocenters. The minimum atomic E-state index is -3.70. The van der Waals surface area contributed by atoms with Crippen molar-refractivity contribution in [1.29, 1.82) is 0 Å². The predicted octanol–water partition coefficient (Wildman–Crippen LogP) is 2.99. The van der Waals surface area contributed by atoms with Gasteiger partial charge in [0, 0.05) is 24.7 Å². The van der Waals surface area contributed by atoms with E-state index in [1.807, 2.05) is 13.8 Å². The van der Waals surface area contributed by atoms with Crippen molar-refractivity contribution < 1.29 is 17.6 Å². The Hall–Kier alpha value is -2.25. The number of amides is 1. The molecule has 1 amide bonds. The highest BCUT2D eigenvalue weighted by molar-refractivity contribution is 7.89. The fourth-order valence-electron chi connectivity index (χ4n) is 3.19. The first-order valence-electron chi connectivity index (χ1n) is 8.51. The van der Waals surface area contributed by atoms with Gasteiger partial charge in [-0.05, 0) is 54.8 Å². The number of hydrogen-bond donors (Lipinski definition) is 1. The molecule has 2 aromatic carbocycles. The summed E-state index contributed by atoms with van der Waals surface area (Å²) < 4.78 is 40.6. The highest BCUT2D eigenvalue weighted by atomic mass is 32.2. The van der Waals surface area contributed by atoms with Crippen LogP contribution in [-0.2, 0) is 27.8 Å². The van der Waals surface area contributed by atoms with Gasteiger partial charge in [0.15, 0.2) is 0 Å². The molecule has 0 aromatic heterocycles. The maximum atomic E-state index is 12.9. The molecule has 0 radical (unpaired) electrons. The summed E-state index contributed by atoms with van der Waals surface area (Å²) in [4.78, 5) is 14.0. The first kappa shape index (κ1) is 18.5. The summed E-state index contributed by atoms with van der Waals surface area (Å²) in [6, 6.07) is 10.5. The van der Waals surface area contributed by atoms with Crippen LogP contribution in [0.3, 0.4) is 0 Å². The Labute approximate surface area is 152 Å². The average molecular weight is 376 g/mol. The summed E-state index contributed by atoms with van der Waals surface area (Å²) in [6.07, 6.45) is 1.03. The molecule has 5 nitrogen and oxygen atoms in total. The minimum Gasteiger partial charge on any atom is -0.309 e. The summed E-state index contributed by atoms with van der Waals surface area (Å²) in [7, 11) is -3.70. The lowest BCUT2D eigenvalue weighted by molar-refractivity contribution is -0.118. The fraction of sp³-hybridized carbons (Fsp3) is 0.316. The molecule has 2 aromatic rings. The Morgan fingerprint density at radius 1 is 1.23 bits per heavy atom. The smallest absolute Gasteiger partial charge is 0.240 e. The van der Waals surface area contributed by atoms with Crippen molar-refractivity contribution in [3.05, 3.63) is 59.4 Å². The zero-order valence-corrected chi connectivity index (χ0v) is 15.5. The molecule has 1 unspecified atom stereocenters. The van der Waals surface area contributed by atoms with Gasteiger partial charge in [0.2, 0.25) is 15.9 Å². The van der Waals surface area contributed by atoms with Crippen molar-refractivity contribution in [1.82, 2.24) is 4.72 Å². The van der Waals surface area contributed by atoms with Crippen LogP contribution in [0.4, 0.5) is 10.1 Å². The first-order valence-corrected chi connectivity index (χ1v) is 9.99. The van der Waals surface area contributed by atoms with Crippen molar-refractivity contribution in [3.63, 3.8) is 0 Å². The topological polar surface area (TPSA) is 66.5 Å². The third-order valence-electron chi connectivity index (χ3n) is 4.53. The van der Waals surface area contributed by atoms with Gasteiger partial charge < -0.3 is 4.90 Å². The van der Waals surface area contributed by atoms with Crippen molar-refractivity contribution in [2.75, 3.05) is 4.90 Å². The second kappa shape index (κ2) is 7.17. The Kier molecular flexibility index (Phi) is 5.11. The zero-order chi connectivity index (χ0) is 18.9. The number of fused-ring (bicyclic) bond motifs is 1. The molecule has 3 rings (SSSR count). The van der Waals surface area contributed by atoms with Crippen molar-refractivity contribution in [2.24, 2.45) is 0 Å². The normalized spacial score (nSPS) is 16.6. The number of carbonyl (C=O) groups is 1. The van der Waals surface area contributed by atoms with E-state index in [-0.39, 0.29) is 29.2 Å². The summed E-state index contributed by atoms with van der Waals surface area (Å²) in [5.74, 6) is -0.336. The van der Waals surface area contributed by atoms with Crippen molar-refractivity contribution in [2.45, 2.75) is 44.2 Å². The van der Waals surface area contributed by atoms with E-state index in [1.165, 1.54) is 30.3 Å². The molecule has 1 aliphatic heterocycles. The predicted molar refractivity (Wildman–Crippen MR) is 97.8 cm³/mol. The van der Waals surface area contributed by atoms with Gasteiger partial charge in [0.25, 0.3) is 0 Å². The van der Waals surface area contributed by atoms with Crippen LogP contribution in [0, 0.1) is 5.82 Å². The number of benzene rings is 2. The quantitative estimate of drug-likeness (QED) is 0.872. The van der Waals surface area contributed by atoms with Gasteiger partial charge in [-0.3, -0.25) is 4.79 Å². The number of nitrogens with one attached hydrogen (secondary N) is 1. The average Bonchev–Trinajstić information content (AvgIpc) is 2.95. The largest absolute Gasteiger partial charge is 0.309 e. The summed E-state index contributed by atoms with van der Waals surface area (Å²) >= 11 is 0. The van der Waals surface area contributed by atoms with E-state index in [2.05, 4.69) is 4.72 Å². The molecular formula is C19H21FN2O3S. The van der Waals surface area contributed by atoms with E-state index in [1.54, 1.807) is 17.0 Å². The highest BCUT2D eigenvalue weighted by Crippen LogP contribution is 2.34. The van der Waals surface area contributed by atoms with Gasteiger partial charge in [-0.25, -0.2) is 17.5 Å². The Bertz CT molecular complexity index is 926. The molecule has 0 fully saturated rings. The third kappa shape index (κ3) is 3.64. The van der Waals surface area contributed by atoms with Crippen LogP contribution >= 0.6 is 0 Å². The maximum absolute atomic E-state index is 12.9. The monoisotopic (exact) mass is 376 g/mol.